The number of fused-ring (bicyclic) bond motifs is 5. The van der Waals surface area contributed by atoms with E-state index in [2.05, 4.69) is 44.1 Å². The number of nitrogens with zero attached hydrogens (tertiary/aromatic N) is 3. The van der Waals surface area contributed by atoms with Gasteiger partial charge in [-0.1, -0.05) is 59.6 Å². The van der Waals surface area contributed by atoms with E-state index in [1.807, 2.05) is 39.1 Å². The lowest BCUT2D eigenvalue weighted by Gasteiger charge is -2.66. The van der Waals surface area contributed by atoms with Crippen molar-refractivity contribution in [1.29, 1.82) is 10.5 Å². The SMILES string of the molecule is CCC1(CC[C@]2(N/C(C)=N/C#N)CC[C@]3(C)[C@@H](C2)C(=O)C=C2[C@@]4(C)C=C(C#N)C(=O)C(C)(C)[C@@H]4CC[C@]23C)CC1. The highest BCUT2D eigenvalue weighted by molar-refractivity contribution is 6.04. The molecule has 6 nitrogen and oxygen atoms in total. The molecule has 0 aromatic carbocycles. The zero-order valence-electron chi connectivity index (χ0n) is 25.5. The molecule has 0 heterocycles. The van der Waals surface area contributed by atoms with E-state index in [9.17, 15) is 20.1 Å². The number of aliphatic imine (C=N–C) groups is 1. The smallest absolute Gasteiger partial charge is 0.207 e. The number of Topliss-reactive ketones (excluding diaryl/α,β-unsaturated/α-hetero) is 1. The van der Waals surface area contributed by atoms with Gasteiger partial charge in [-0.05, 0) is 93.0 Å². The molecule has 0 saturated heterocycles. The third-order valence-corrected chi connectivity index (χ3v) is 13.0. The fourth-order valence-electron chi connectivity index (χ4n) is 9.86. The zero-order chi connectivity index (χ0) is 29.4. The molecule has 0 aromatic heterocycles. The highest BCUT2D eigenvalue weighted by Crippen LogP contribution is 2.71. The zero-order valence-corrected chi connectivity index (χ0v) is 25.5. The minimum absolute atomic E-state index is 0.0508. The van der Waals surface area contributed by atoms with Crippen LogP contribution in [0.2, 0.25) is 0 Å². The quantitative estimate of drug-likeness (QED) is 0.229. The van der Waals surface area contributed by atoms with Crippen molar-refractivity contribution in [2.24, 2.45) is 43.9 Å². The number of ketones is 2. The Kier molecular flexibility index (Phi) is 6.58. The van der Waals surface area contributed by atoms with Crippen molar-refractivity contribution in [2.75, 3.05) is 0 Å². The average molecular weight is 543 g/mol. The molecule has 0 bridgehead atoms. The van der Waals surface area contributed by atoms with E-state index in [-0.39, 0.29) is 45.3 Å². The van der Waals surface area contributed by atoms with Crippen LogP contribution in [0, 0.1) is 61.7 Å². The van der Waals surface area contributed by atoms with Gasteiger partial charge in [-0.25, -0.2) is 0 Å². The summed E-state index contributed by atoms with van der Waals surface area (Å²) in [7, 11) is 0. The number of carbonyl (C=O) groups is 2. The van der Waals surface area contributed by atoms with E-state index >= 15 is 0 Å². The van der Waals surface area contributed by atoms with Gasteiger partial charge in [-0.2, -0.15) is 15.5 Å². The van der Waals surface area contributed by atoms with Crippen molar-refractivity contribution in [3.63, 3.8) is 0 Å². The summed E-state index contributed by atoms with van der Waals surface area (Å²) in [6, 6.07) is 2.18. The van der Waals surface area contributed by atoms with Crippen LogP contribution in [-0.4, -0.2) is 22.9 Å². The van der Waals surface area contributed by atoms with Crippen LogP contribution in [0.25, 0.3) is 0 Å². The van der Waals surface area contributed by atoms with Gasteiger partial charge in [-0.15, -0.1) is 0 Å². The Morgan fingerprint density at radius 1 is 1.05 bits per heavy atom. The maximum absolute atomic E-state index is 14.3. The Balaban J connectivity index is 1.56. The molecule has 6 heteroatoms. The first-order valence-electron chi connectivity index (χ1n) is 15.3. The molecule has 3 fully saturated rings. The van der Waals surface area contributed by atoms with Crippen LogP contribution in [0.1, 0.15) is 113 Å². The van der Waals surface area contributed by atoms with Crippen molar-refractivity contribution in [1.82, 2.24) is 5.32 Å². The second-order valence-corrected chi connectivity index (χ2v) is 15.1. The molecule has 0 aromatic rings. The minimum atomic E-state index is -0.654. The summed E-state index contributed by atoms with van der Waals surface area (Å²) >= 11 is 0. The average Bonchev–Trinajstić information content (AvgIpc) is 3.69. The van der Waals surface area contributed by atoms with Gasteiger partial charge in [0, 0.05) is 22.3 Å². The normalized spacial score (nSPS) is 41.3. The predicted molar refractivity (Wildman–Crippen MR) is 156 cm³/mol. The van der Waals surface area contributed by atoms with Gasteiger partial charge < -0.3 is 5.32 Å². The fourth-order valence-corrected chi connectivity index (χ4v) is 9.86. The number of nitriles is 2. The van der Waals surface area contributed by atoms with Crippen LogP contribution in [-0.2, 0) is 9.59 Å². The monoisotopic (exact) mass is 542 g/mol. The molecule has 0 spiro atoms. The van der Waals surface area contributed by atoms with Gasteiger partial charge >= 0.3 is 0 Å². The van der Waals surface area contributed by atoms with Crippen LogP contribution in [0.4, 0.5) is 0 Å². The van der Waals surface area contributed by atoms with Crippen LogP contribution in [0.15, 0.2) is 28.3 Å². The van der Waals surface area contributed by atoms with Crippen LogP contribution in [0.3, 0.4) is 0 Å². The summed E-state index contributed by atoms with van der Waals surface area (Å²) in [4.78, 5) is 31.5. The third kappa shape index (κ3) is 3.96. The first kappa shape index (κ1) is 28.8. The highest BCUT2D eigenvalue weighted by atomic mass is 16.1. The van der Waals surface area contributed by atoms with Gasteiger partial charge in [0.1, 0.15) is 11.9 Å². The molecule has 0 amide bonds. The molecule has 5 aliphatic rings. The first-order chi connectivity index (χ1) is 18.7. The number of nitrogens with one attached hydrogen (secondary N) is 1. The molecule has 214 valence electrons. The van der Waals surface area contributed by atoms with E-state index in [1.165, 1.54) is 19.3 Å². The summed E-state index contributed by atoms with van der Waals surface area (Å²) < 4.78 is 0. The highest BCUT2D eigenvalue weighted by Gasteiger charge is 2.67. The minimum Gasteiger partial charge on any atom is -0.368 e. The summed E-state index contributed by atoms with van der Waals surface area (Å²) in [5, 5.41) is 22.8. The van der Waals surface area contributed by atoms with Gasteiger partial charge in [0.25, 0.3) is 0 Å². The number of allylic oxidation sites excluding steroid dienone is 4. The lowest BCUT2D eigenvalue weighted by molar-refractivity contribution is -0.143. The number of hydrogen-bond donors (Lipinski definition) is 1. The van der Waals surface area contributed by atoms with Gasteiger partial charge in [-0.3, -0.25) is 9.59 Å². The number of carbonyl (C=O) groups excluding carboxylic acids is 2. The largest absolute Gasteiger partial charge is 0.368 e. The van der Waals surface area contributed by atoms with E-state index < -0.39 is 10.8 Å². The predicted octanol–water partition coefficient (Wildman–Crippen LogP) is 6.98. The number of rotatable bonds is 5. The summed E-state index contributed by atoms with van der Waals surface area (Å²) in [5.74, 6) is 0.656. The summed E-state index contributed by atoms with van der Waals surface area (Å²) in [6.07, 6.45) is 16.0. The van der Waals surface area contributed by atoms with Crippen LogP contribution in [0.5, 0.6) is 0 Å². The maximum Gasteiger partial charge on any atom is 0.207 e. The number of hydrogen-bond acceptors (Lipinski definition) is 5. The molecular weight excluding hydrogens is 496 g/mol. The summed E-state index contributed by atoms with van der Waals surface area (Å²) in [5.41, 5.74) is -0.0777. The molecule has 5 aliphatic carbocycles. The lowest BCUT2D eigenvalue weighted by atomic mass is 9.37. The van der Waals surface area contributed by atoms with Gasteiger partial charge in [0.15, 0.2) is 11.6 Å². The lowest BCUT2D eigenvalue weighted by Crippen LogP contribution is -2.64. The van der Waals surface area contributed by atoms with E-state index in [1.54, 1.807) is 0 Å². The van der Waals surface area contributed by atoms with Crippen LogP contribution >= 0.6 is 0 Å². The van der Waals surface area contributed by atoms with Crippen molar-refractivity contribution < 1.29 is 9.59 Å². The van der Waals surface area contributed by atoms with Crippen LogP contribution < -0.4 is 5.32 Å². The fraction of sp³-hybridized carbons (Fsp3) is 0.735. The molecule has 3 saturated carbocycles. The Hall–Kier alpha value is -2.73. The molecular formula is C34H46N4O2. The van der Waals surface area contributed by atoms with Crippen molar-refractivity contribution >= 4 is 17.4 Å². The topological polar surface area (TPSA) is 106 Å². The van der Waals surface area contributed by atoms with Crippen molar-refractivity contribution in [2.45, 2.75) is 118 Å². The Bertz CT molecular complexity index is 1320. The molecule has 1 N–H and O–H groups in total. The molecule has 0 aliphatic heterocycles. The van der Waals surface area contributed by atoms with E-state index in [0.717, 1.165) is 50.5 Å². The third-order valence-electron chi connectivity index (χ3n) is 13.0. The molecule has 6 atom stereocenters. The second kappa shape index (κ2) is 9.14. The second-order valence-electron chi connectivity index (χ2n) is 15.1. The van der Waals surface area contributed by atoms with Crippen molar-refractivity contribution in [3.05, 3.63) is 23.3 Å². The molecule has 0 radical (unpaired) electrons. The first-order valence-corrected chi connectivity index (χ1v) is 15.3. The molecule has 40 heavy (non-hydrogen) atoms. The maximum atomic E-state index is 14.3. The van der Waals surface area contributed by atoms with E-state index in [4.69, 9.17) is 0 Å². The summed E-state index contributed by atoms with van der Waals surface area (Å²) in [6.45, 7) is 15.0. The Morgan fingerprint density at radius 2 is 1.75 bits per heavy atom. The van der Waals surface area contributed by atoms with Gasteiger partial charge in [0.2, 0.25) is 6.19 Å². The standard InChI is InChI=1S/C34H46N4O2/c1-8-33(12-13-33)14-16-34(38-22(2)37-21-36)15-11-31(6)24(19-34)25(39)17-27-30(5)18-23(20-35)28(40)29(3,4)26(30)9-10-32(27,31)7/h17-18,24,26H,8-16,19H2,1-7H3,(H,37,38)/t24-,26-,30-,31+,32+,34+/m0/s1. The van der Waals surface area contributed by atoms with Crippen molar-refractivity contribution in [3.8, 4) is 12.3 Å². The number of amidine groups is 1. The molecule has 0 unspecified atom stereocenters. The molecule has 5 rings (SSSR count). The van der Waals surface area contributed by atoms with Gasteiger partial charge in [0.05, 0.1) is 5.57 Å². The Labute approximate surface area is 240 Å². The van der Waals surface area contributed by atoms with E-state index in [0.29, 0.717) is 11.3 Å². The Morgan fingerprint density at radius 3 is 2.35 bits per heavy atom.